The van der Waals surface area contributed by atoms with Crippen molar-refractivity contribution in [1.82, 2.24) is 46.5 Å². The number of carboxylic acid groups (broad SMARTS) is 1. The summed E-state index contributed by atoms with van der Waals surface area (Å²) in [5.41, 5.74) is 3.87. The minimum atomic E-state index is -0.877. The normalized spacial score (nSPS) is 16.9. The van der Waals surface area contributed by atoms with E-state index in [2.05, 4.69) is 46.9 Å². The van der Waals surface area contributed by atoms with Crippen molar-refractivity contribution >= 4 is 42.1 Å². The summed E-state index contributed by atoms with van der Waals surface area (Å²) in [6, 6.07) is 15.6. The molecular formula is C47H62N10O9. The van der Waals surface area contributed by atoms with E-state index in [4.69, 9.17) is 19.4 Å². The Balaban J connectivity index is 0.00000265. The molecule has 354 valence electrons. The molecule has 1 saturated heterocycles. The van der Waals surface area contributed by atoms with Crippen molar-refractivity contribution in [3.8, 4) is 22.5 Å². The van der Waals surface area contributed by atoms with E-state index in [1.807, 2.05) is 72.7 Å². The molecule has 2 aliphatic rings. The predicted molar refractivity (Wildman–Crippen MR) is 245 cm³/mol. The van der Waals surface area contributed by atoms with Gasteiger partial charge in [0.1, 0.15) is 22.9 Å². The molecule has 2 aromatic heterocycles. The molecule has 4 aromatic rings. The lowest BCUT2D eigenvalue weighted by Gasteiger charge is -2.33. The lowest BCUT2D eigenvalue weighted by molar-refractivity contribution is -0.130. The molecule has 1 aliphatic heterocycles. The van der Waals surface area contributed by atoms with Crippen molar-refractivity contribution in [2.45, 2.75) is 117 Å². The number of piperidine rings is 1. The van der Waals surface area contributed by atoms with Gasteiger partial charge in [-0.25, -0.2) is 9.59 Å². The largest absolute Gasteiger partial charge is 0.483 e. The number of tetrazole rings is 1. The number of aromatic amines is 1. The molecule has 0 radical (unpaired) electrons. The van der Waals surface area contributed by atoms with Crippen molar-refractivity contribution in [1.29, 1.82) is 0 Å². The Morgan fingerprint density at radius 1 is 0.879 bits per heavy atom. The number of hydrogen-bond donors (Lipinski definition) is 6. The highest BCUT2D eigenvalue weighted by Gasteiger charge is 2.31. The number of ether oxygens (including phenoxy) is 2. The number of nitrogens with one attached hydrogen (secondary N) is 5. The summed E-state index contributed by atoms with van der Waals surface area (Å²) in [5, 5.41) is 32.8. The van der Waals surface area contributed by atoms with Crippen LogP contribution in [0.15, 0.2) is 60.8 Å². The predicted octanol–water partition coefficient (Wildman–Crippen LogP) is 6.06. The van der Waals surface area contributed by atoms with Gasteiger partial charge in [-0.2, -0.15) is 5.21 Å². The van der Waals surface area contributed by atoms with Gasteiger partial charge in [0.25, 0.3) is 12.4 Å². The van der Waals surface area contributed by atoms with Crippen molar-refractivity contribution in [3.05, 3.63) is 77.6 Å². The molecule has 3 heterocycles. The van der Waals surface area contributed by atoms with Gasteiger partial charge in [0.2, 0.25) is 17.6 Å². The summed E-state index contributed by atoms with van der Waals surface area (Å²) in [6.07, 6.45) is 5.15. The second-order valence-electron chi connectivity index (χ2n) is 18.6. The molecule has 1 atom stereocenters. The fourth-order valence-electron chi connectivity index (χ4n) is 7.72. The Morgan fingerprint density at radius 3 is 2.08 bits per heavy atom. The summed E-state index contributed by atoms with van der Waals surface area (Å²) in [7, 11) is 0. The fraction of sp³-hybridized carbons (Fsp3) is 0.489. The van der Waals surface area contributed by atoms with E-state index in [1.165, 1.54) is 0 Å². The van der Waals surface area contributed by atoms with Crippen LogP contribution in [0, 0.1) is 18.8 Å². The molecule has 2 aromatic carbocycles. The fourth-order valence-corrected chi connectivity index (χ4v) is 7.72. The first-order chi connectivity index (χ1) is 31.3. The Hall–Kier alpha value is -6.92. The van der Waals surface area contributed by atoms with E-state index >= 15 is 0 Å². The van der Waals surface area contributed by atoms with Crippen LogP contribution >= 0.6 is 0 Å². The average Bonchev–Trinajstić information content (AvgIpc) is 3.81. The Kier molecular flexibility index (Phi) is 17.3. The third kappa shape index (κ3) is 15.4. The van der Waals surface area contributed by atoms with Crippen molar-refractivity contribution in [2.75, 3.05) is 25.0 Å². The van der Waals surface area contributed by atoms with Crippen LogP contribution in [-0.2, 0) is 30.3 Å². The number of nitrogens with zero attached hydrogens (tertiary/aromatic N) is 5. The highest BCUT2D eigenvalue weighted by molar-refractivity contribution is 5.98. The number of carbonyl (C=O) groups is 6. The number of likely N-dealkylation sites (tertiary alicyclic amines) is 1. The quantitative estimate of drug-likeness (QED) is 0.0884. The van der Waals surface area contributed by atoms with E-state index in [9.17, 15) is 24.0 Å². The number of pyridine rings is 1. The first-order valence-corrected chi connectivity index (χ1v) is 22.1. The highest BCUT2D eigenvalue weighted by Crippen LogP contribution is 2.30. The van der Waals surface area contributed by atoms with Gasteiger partial charge in [0.05, 0.1) is 0 Å². The van der Waals surface area contributed by atoms with Crippen LogP contribution in [0.5, 0.6) is 0 Å². The molecule has 66 heavy (non-hydrogen) atoms. The Morgan fingerprint density at radius 2 is 1.50 bits per heavy atom. The number of anilines is 1. The SMILES string of the molecule is Cc1cc(C(=O)NC2CCN(C(=O)OC(C)(C)C)CC2)ncc1-c1ccc(C[C@H](NC(=O)C2CCC(CNC(=O)OC(C)(C)C)CC2)C(=O)Nc2ccc(-c3nn[nH]n3)cc2)cc1.O=CO. The third-order valence-electron chi connectivity index (χ3n) is 11.1. The van der Waals surface area contributed by atoms with E-state index < -0.39 is 23.3 Å². The van der Waals surface area contributed by atoms with Crippen molar-refractivity contribution in [3.63, 3.8) is 0 Å². The monoisotopic (exact) mass is 910 g/mol. The molecule has 5 amide bonds. The zero-order valence-corrected chi connectivity index (χ0v) is 38.7. The van der Waals surface area contributed by atoms with Crippen LogP contribution in [0.2, 0.25) is 0 Å². The highest BCUT2D eigenvalue weighted by atomic mass is 16.6. The molecule has 0 bridgehead atoms. The second-order valence-corrected chi connectivity index (χ2v) is 18.6. The number of alkyl carbamates (subject to hydrolysis) is 1. The third-order valence-corrected chi connectivity index (χ3v) is 11.1. The maximum atomic E-state index is 13.9. The standard InChI is InChI=1S/C46H60N10O7.CH2O2/c1-28-24-37(41(58)50-35-20-22-56(23-21-35)44(61)63-46(5,6)7)47-27-36(28)31-12-8-29(9-13-31)25-38(42(59)49-34-18-16-32(17-19-34)39-52-54-55-53-39)51-40(57)33-14-10-30(11-15-33)26-48-43(60)62-45(2,3)4;2-1-3/h8-9,12-13,16-19,24,27,30,33,35,38H,10-11,14-15,20-23,25-26H2,1-7H3,(H,48,60)(H,49,59)(H,50,58)(H,51,57)(H,52,53,54,55);1H,(H,2,3)/t30?,33?,38-;/m0./s1. The number of hydrogen-bond acceptors (Lipinski definition) is 12. The number of aromatic nitrogens is 5. The van der Waals surface area contributed by atoms with Gasteiger partial charge in [0, 0.05) is 61.0 Å². The molecule has 0 unspecified atom stereocenters. The molecule has 19 heteroatoms. The summed E-state index contributed by atoms with van der Waals surface area (Å²) in [5.74, 6) is -0.438. The second kappa shape index (κ2) is 22.8. The molecular weight excluding hydrogens is 849 g/mol. The van der Waals surface area contributed by atoms with Gasteiger partial charge in [-0.1, -0.05) is 24.3 Å². The topological polar surface area (TPSA) is 260 Å². The van der Waals surface area contributed by atoms with Crippen LogP contribution in [0.4, 0.5) is 15.3 Å². The van der Waals surface area contributed by atoms with Crippen LogP contribution in [0.1, 0.15) is 102 Å². The number of carbonyl (C=O) groups excluding carboxylic acids is 5. The van der Waals surface area contributed by atoms with E-state index in [1.54, 1.807) is 41.4 Å². The summed E-state index contributed by atoms with van der Waals surface area (Å²) in [6.45, 7) is 14.1. The molecule has 2 fully saturated rings. The number of amides is 5. The first kappa shape index (κ1) is 50.1. The average molecular weight is 911 g/mol. The number of aryl methyl sites for hydroxylation is 1. The molecule has 19 nitrogen and oxygen atoms in total. The summed E-state index contributed by atoms with van der Waals surface area (Å²) < 4.78 is 10.9. The lowest BCUT2D eigenvalue weighted by atomic mass is 9.81. The molecule has 0 spiro atoms. The van der Waals surface area contributed by atoms with Crippen LogP contribution < -0.4 is 21.3 Å². The molecule has 1 aliphatic carbocycles. The van der Waals surface area contributed by atoms with Gasteiger partial charge in [-0.05, 0) is 145 Å². The van der Waals surface area contributed by atoms with E-state index in [0.717, 1.165) is 40.7 Å². The minimum absolute atomic E-state index is 0.0840. The summed E-state index contributed by atoms with van der Waals surface area (Å²) >= 11 is 0. The van der Waals surface area contributed by atoms with Crippen molar-refractivity contribution < 1.29 is 43.3 Å². The van der Waals surface area contributed by atoms with Gasteiger partial charge in [-0.3, -0.25) is 24.2 Å². The lowest BCUT2D eigenvalue weighted by Crippen LogP contribution is -2.48. The zero-order chi connectivity index (χ0) is 48.0. The van der Waals surface area contributed by atoms with E-state index in [-0.39, 0.29) is 54.6 Å². The van der Waals surface area contributed by atoms with Crippen LogP contribution in [0.3, 0.4) is 0 Å². The Bertz CT molecular complexity index is 2260. The maximum Gasteiger partial charge on any atom is 0.410 e. The van der Waals surface area contributed by atoms with Gasteiger partial charge >= 0.3 is 12.2 Å². The molecule has 6 N–H and O–H groups in total. The number of rotatable bonds is 12. The van der Waals surface area contributed by atoms with Gasteiger partial charge in [0.15, 0.2) is 0 Å². The molecule has 1 saturated carbocycles. The minimum Gasteiger partial charge on any atom is -0.483 e. The zero-order valence-electron chi connectivity index (χ0n) is 38.7. The van der Waals surface area contributed by atoms with E-state index in [0.29, 0.717) is 62.5 Å². The van der Waals surface area contributed by atoms with Crippen LogP contribution in [0.25, 0.3) is 22.5 Å². The first-order valence-electron chi connectivity index (χ1n) is 22.1. The van der Waals surface area contributed by atoms with Gasteiger partial charge in [-0.15, -0.1) is 10.2 Å². The number of H-pyrrole nitrogens is 1. The molecule has 6 rings (SSSR count). The number of benzene rings is 2. The van der Waals surface area contributed by atoms with Crippen LogP contribution in [-0.4, -0.2) is 115 Å². The van der Waals surface area contributed by atoms with Crippen molar-refractivity contribution in [2.24, 2.45) is 11.8 Å². The van der Waals surface area contributed by atoms with Gasteiger partial charge < -0.3 is 40.7 Å². The summed E-state index contributed by atoms with van der Waals surface area (Å²) in [4.78, 5) is 80.0. The maximum absolute atomic E-state index is 13.9. The smallest absolute Gasteiger partial charge is 0.410 e. The Labute approximate surface area is 384 Å².